The second-order valence-corrected chi connectivity index (χ2v) is 14.5. The third kappa shape index (κ3) is 4.59. The van der Waals surface area contributed by atoms with Gasteiger partial charge >= 0.3 is 6.09 Å². The molecule has 0 fully saturated rings. The number of nitrogens with one attached hydrogen (secondary N) is 1. The highest BCUT2D eigenvalue weighted by Crippen LogP contribution is 2.38. The zero-order valence-electron chi connectivity index (χ0n) is 18.5. The molecule has 2 aromatic rings. The molecule has 2 N–H and O–H groups in total. The van der Waals surface area contributed by atoms with Crippen LogP contribution in [-0.4, -0.2) is 49.1 Å². The topological polar surface area (TPSA) is 65.6 Å². The van der Waals surface area contributed by atoms with Crippen molar-refractivity contribution >= 4 is 30.9 Å². The van der Waals surface area contributed by atoms with Gasteiger partial charge in [0, 0.05) is 42.7 Å². The van der Waals surface area contributed by atoms with Crippen LogP contribution in [0.3, 0.4) is 0 Å². The highest BCUT2D eigenvalue weighted by molar-refractivity contribution is 6.74. The van der Waals surface area contributed by atoms with E-state index in [1.807, 2.05) is 6.08 Å². The molecule has 158 valence electrons. The number of nitrogens with zero attached hydrogens (tertiary/aromatic N) is 1. The minimum absolute atomic E-state index is 0.206. The van der Waals surface area contributed by atoms with Gasteiger partial charge in [-0.3, -0.25) is 0 Å². The highest BCUT2D eigenvalue weighted by Gasteiger charge is 2.37. The number of benzene rings is 1. The normalized spacial score (nSPS) is 16.8. The third-order valence-corrected chi connectivity index (χ3v) is 11.1. The Balaban J connectivity index is 1.80. The van der Waals surface area contributed by atoms with Crippen LogP contribution in [0.2, 0.25) is 18.1 Å². The molecule has 0 saturated heterocycles. The number of hydrogen-bond acceptors (Lipinski definition) is 2. The van der Waals surface area contributed by atoms with Gasteiger partial charge in [0.25, 0.3) is 0 Å². The fourth-order valence-electron chi connectivity index (χ4n) is 3.49. The van der Waals surface area contributed by atoms with Crippen molar-refractivity contribution < 1.29 is 14.3 Å². The molecule has 1 aliphatic heterocycles. The summed E-state index contributed by atoms with van der Waals surface area (Å²) in [6.45, 7) is 15.4. The van der Waals surface area contributed by atoms with Gasteiger partial charge in [-0.2, -0.15) is 0 Å². The Morgan fingerprint density at radius 1 is 1.34 bits per heavy atom. The van der Waals surface area contributed by atoms with Crippen LogP contribution in [0.1, 0.15) is 51.2 Å². The average molecular weight is 415 g/mol. The lowest BCUT2D eigenvalue weighted by atomic mass is 9.95. The molecular weight excluding hydrogens is 380 g/mol. The molecule has 2 heterocycles. The predicted octanol–water partition coefficient (Wildman–Crippen LogP) is 6.06. The zero-order chi connectivity index (χ0) is 21.4. The summed E-state index contributed by atoms with van der Waals surface area (Å²) in [5, 5.41) is 10.6. The number of amides is 1. The van der Waals surface area contributed by atoms with Crippen molar-refractivity contribution in [3.63, 3.8) is 0 Å². The van der Waals surface area contributed by atoms with E-state index >= 15 is 0 Å². The van der Waals surface area contributed by atoms with Crippen LogP contribution in [0.4, 0.5) is 4.79 Å². The van der Waals surface area contributed by atoms with Gasteiger partial charge in [-0.15, -0.1) is 0 Å². The second kappa shape index (κ2) is 7.99. The largest absolute Gasteiger partial charge is 0.465 e. The van der Waals surface area contributed by atoms with Gasteiger partial charge in [-0.05, 0) is 53.4 Å². The van der Waals surface area contributed by atoms with Crippen molar-refractivity contribution in [3.05, 3.63) is 41.6 Å². The van der Waals surface area contributed by atoms with Gasteiger partial charge < -0.3 is 19.4 Å². The van der Waals surface area contributed by atoms with E-state index in [-0.39, 0.29) is 5.04 Å². The maximum atomic E-state index is 11.1. The lowest BCUT2D eigenvalue weighted by Crippen LogP contribution is -2.41. The molecule has 0 aliphatic carbocycles. The number of H-pyrrole nitrogens is 1. The van der Waals surface area contributed by atoms with Gasteiger partial charge in [-0.1, -0.05) is 39.8 Å². The lowest BCUT2D eigenvalue weighted by molar-refractivity contribution is 0.150. The number of hydrogen-bond donors (Lipinski definition) is 2. The van der Waals surface area contributed by atoms with E-state index in [9.17, 15) is 4.79 Å². The zero-order valence-corrected chi connectivity index (χ0v) is 19.5. The van der Waals surface area contributed by atoms with Crippen LogP contribution in [0.5, 0.6) is 0 Å². The predicted molar refractivity (Wildman–Crippen MR) is 122 cm³/mol. The van der Waals surface area contributed by atoms with Gasteiger partial charge in [0.2, 0.25) is 0 Å². The number of aromatic nitrogens is 1. The molecule has 6 heteroatoms. The Hall–Kier alpha value is -2.05. The number of aromatic amines is 1. The summed E-state index contributed by atoms with van der Waals surface area (Å²) < 4.78 is 6.46. The maximum Gasteiger partial charge on any atom is 0.407 e. The molecule has 1 aromatic heterocycles. The summed E-state index contributed by atoms with van der Waals surface area (Å²) in [6, 6.07) is 6.49. The fraction of sp³-hybridized carbons (Fsp3) is 0.522. The van der Waals surface area contributed by atoms with Crippen molar-refractivity contribution in [1.29, 1.82) is 0 Å². The number of carboxylic acid groups (broad SMARTS) is 1. The van der Waals surface area contributed by atoms with Gasteiger partial charge in [0.15, 0.2) is 8.32 Å². The minimum Gasteiger partial charge on any atom is -0.465 e. The first-order chi connectivity index (χ1) is 13.5. The van der Waals surface area contributed by atoms with Crippen molar-refractivity contribution in [1.82, 2.24) is 9.88 Å². The first-order valence-corrected chi connectivity index (χ1v) is 13.3. The molecule has 1 aliphatic rings. The molecule has 5 nitrogen and oxygen atoms in total. The average Bonchev–Trinajstić information content (AvgIpc) is 3.08. The van der Waals surface area contributed by atoms with E-state index in [4.69, 9.17) is 9.53 Å². The summed E-state index contributed by atoms with van der Waals surface area (Å²) >= 11 is 0. The van der Waals surface area contributed by atoms with E-state index < -0.39 is 14.4 Å². The minimum atomic E-state index is -1.77. The Labute approximate surface area is 174 Å². The monoisotopic (exact) mass is 414 g/mol. The van der Waals surface area contributed by atoms with Crippen LogP contribution in [0, 0.1) is 0 Å². The van der Waals surface area contributed by atoms with Crippen LogP contribution in [-0.2, 0) is 4.43 Å². The first-order valence-electron chi connectivity index (χ1n) is 10.4. The molecule has 1 atom stereocenters. The molecule has 1 unspecified atom stereocenters. The molecule has 0 saturated carbocycles. The second-order valence-electron chi connectivity index (χ2n) is 9.68. The molecular formula is C23H34N2O3Si. The summed E-state index contributed by atoms with van der Waals surface area (Å²) in [4.78, 5) is 16.0. The summed E-state index contributed by atoms with van der Waals surface area (Å²) in [7, 11) is -1.77. The number of rotatable bonds is 5. The van der Waals surface area contributed by atoms with E-state index in [0.29, 0.717) is 19.0 Å². The molecule has 1 aromatic carbocycles. The van der Waals surface area contributed by atoms with Crippen molar-refractivity contribution in [2.45, 2.75) is 58.2 Å². The van der Waals surface area contributed by atoms with Gasteiger partial charge in [0.05, 0.1) is 0 Å². The summed E-state index contributed by atoms with van der Waals surface area (Å²) in [5.41, 5.74) is 4.82. The molecule has 0 radical (unpaired) electrons. The van der Waals surface area contributed by atoms with Crippen molar-refractivity contribution in [2.24, 2.45) is 0 Å². The molecule has 0 bridgehead atoms. The standard InChI is InChI=1S/C23H34N2O3Si/c1-16(15-28-29(5,6)23(2,3)4)20-14-24-21-8-7-18(13-19(20)21)17-9-11-25(12-10-17)22(26)27/h7-9,13-14,16,24H,10-12,15H2,1-6H3,(H,26,27). The Morgan fingerprint density at radius 2 is 2.07 bits per heavy atom. The molecule has 29 heavy (non-hydrogen) atoms. The third-order valence-electron chi connectivity index (χ3n) is 6.60. The van der Waals surface area contributed by atoms with E-state index in [0.717, 1.165) is 18.5 Å². The Bertz CT molecular complexity index is 924. The Kier molecular flexibility index (Phi) is 5.97. The van der Waals surface area contributed by atoms with Crippen molar-refractivity contribution in [3.8, 4) is 0 Å². The number of fused-ring (bicyclic) bond motifs is 1. The maximum absolute atomic E-state index is 11.1. The lowest BCUT2D eigenvalue weighted by Gasteiger charge is -2.37. The van der Waals surface area contributed by atoms with Crippen LogP contribution in [0.15, 0.2) is 30.5 Å². The van der Waals surface area contributed by atoms with Gasteiger partial charge in [0.1, 0.15) is 0 Å². The van der Waals surface area contributed by atoms with Crippen molar-refractivity contribution in [2.75, 3.05) is 19.7 Å². The first kappa shape index (κ1) is 21.7. The molecule has 1 amide bonds. The number of carbonyl (C=O) groups is 1. The highest BCUT2D eigenvalue weighted by atomic mass is 28.4. The molecule has 3 rings (SSSR count). The molecule has 0 spiro atoms. The Morgan fingerprint density at radius 3 is 2.66 bits per heavy atom. The van der Waals surface area contributed by atoms with Crippen LogP contribution < -0.4 is 0 Å². The summed E-state index contributed by atoms with van der Waals surface area (Å²) in [5.74, 6) is 0.302. The van der Waals surface area contributed by atoms with E-state index in [1.54, 1.807) is 0 Å². The van der Waals surface area contributed by atoms with Gasteiger partial charge in [-0.25, -0.2) is 4.79 Å². The van der Waals surface area contributed by atoms with E-state index in [2.05, 4.69) is 70.2 Å². The summed E-state index contributed by atoms with van der Waals surface area (Å²) in [6.07, 6.45) is 4.05. The SMILES string of the molecule is CC(CO[Si](C)(C)C(C)(C)C)c1c[nH]c2ccc(C3=CCN(C(=O)O)CC3)cc12. The van der Waals surface area contributed by atoms with Crippen LogP contribution in [0.25, 0.3) is 16.5 Å². The fourth-order valence-corrected chi connectivity index (χ4v) is 4.59. The van der Waals surface area contributed by atoms with E-state index in [1.165, 1.54) is 27.0 Å². The quantitative estimate of drug-likeness (QED) is 0.584. The van der Waals surface area contributed by atoms with Crippen LogP contribution >= 0.6 is 0 Å². The smallest absolute Gasteiger partial charge is 0.407 e.